The van der Waals surface area contributed by atoms with Gasteiger partial charge in [0.1, 0.15) is 11.4 Å². The first-order chi connectivity index (χ1) is 19.9. The molecule has 3 atom stereocenters. The molecule has 0 bridgehead atoms. The van der Waals surface area contributed by atoms with Crippen molar-refractivity contribution in [2.45, 2.75) is 51.6 Å². The molecule has 1 aliphatic heterocycles. The van der Waals surface area contributed by atoms with Gasteiger partial charge >= 0.3 is 0 Å². The molecule has 1 fully saturated rings. The third-order valence-corrected chi connectivity index (χ3v) is 10.1. The van der Waals surface area contributed by atoms with Crippen LogP contribution in [0.4, 0.5) is 5.13 Å². The van der Waals surface area contributed by atoms with E-state index in [4.69, 9.17) is 14.7 Å². The molecule has 204 valence electrons. The Labute approximate surface area is 241 Å². The summed E-state index contributed by atoms with van der Waals surface area (Å²) in [5, 5.41) is 5.66. The van der Waals surface area contributed by atoms with Crippen molar-refractivity contribution in [1.82, 2.24) is 15.0 Å². The van der Waals surface area contributed by atoms with Crippen LogP contribution in [0.5, 0.6) is 5.75 Å². The number of hydrogen-bond donors (Lipinski definition) is 1. The molecule has 2 aromatic heterocycles. The smallest absolute Gasteiger partial charge is 0.257 e. The topological polar surface area (TPSA) is 77.0 Å². The summed E-state index contributed by atoms with van der Waals surface area (Å²) in [6.07, 6.45) is 3.51. The molecule has 6 aromatic rings. The number of fused-ring (bicyclic) bond motifs is 10. The molecule has 3 heterocycles. The van der Waals surface area contributed by atoms with Gasteiger partial charge in [-0.2, -0.15) is 0 Å². The number of amides is 1. The number of carbonyl (C=O) groups is 1. The van der Waals surface area contributed by atoms with Crippen molar-refractivity contribution in [1.29, 1.82) is 0 Å². The molecule has 1 saturated carbocycles. The van der Waals surface area contributed by atoms with Crippen LogP contribution in [0.25, 0.3) is 43.1 Å². The highest BCUT2D eigenvalue weighted by atomic mass is 32.1. The first-order valence-corrected chi connectivity index (χ1v) is 15.2. The van der Waals surface area contributed by atoms with Gasteiger partial charge in [0.15, 0.2) is 5.13 Å². The molecular weight excluding hydrogens is 528 g/mol. The fraction of sp³-hybridized carbons (Fsp3) is 0.294. The van der Waals surface area contributed by atoms with Gasteiger partial charge in [-0.15, -0.1) is 0 Å². The van der Waals surface area contributed by atoms with E-state index in [1.807, 2.05) is 48.5 Å². The number of benzene rings is 4. The van der Waals surface area contributed by atoms with Crippen LogP contribution in [0, 0.1) is 11.8 Å². The summed E-state index contributed by atoms with van der Waals surface area (Å²) >= 11 is 1.47. The number of ether oxygens (including phenoxy) is 1. The summed E-state index contributed by atoms with van der Waals surface area (Å²) in [4.78, 5) is 28.2. The van der Waals surface area contributed by atoms with Crippen molar-refractivity contribution in [3.63, 3.8) is 0 Å². The molecule has 0 radical (unpaired) electrons. The Hall–Kier alpha value is -4.10. The van der Waals surface area contributed by atoms with E-state index in [9.17, 15) is 4.79 Å². The maximum atomic E-state index is 13.2. The minimum Gasteiger partial charge on any atom is -0.487 e. The summed E-state index contributed by atoms with van der Waals surface area (Å²) in [6, 6.07) is 21.8. The zero-order chi connectivity index (χ0) is 27.9. The van der Waals surface area contributed by atoms with E-state index in [2.05, 4.69) is 49.3 Å². The SMILES string of the molecule is CC1CCC2C(C1)c1c(c3ccccc3c3nc4cc(C(=O)Nc5nc6ccccc6s5)ccc4nc13)OC2(C)C. The van der Waals surface area contributed by atoms with Crippen LogP contribution in [-0.4, -0.2) is 26.5 Å². The highest BCUT2D eigenvalue weighted by Crippen LogP contribution is 2.56. The molecule has 1 amide bonds. The van der Waals surface area contributed by atoms with E-state index in [1.54, 1.807) is 0 Å². The molecule has 6 nitrogen and oxygen atoms in total. The van der Waals surface area contributed by atoms with Gasteiger partial charge < -0.3 is 4.74 Å². The third-order valence-electron chi connectivity index (χ3n) is 9.11. The van der Waals surface area contributed by atoms with Gasteiger partial charge in [-0.05, 0) is 68.9 Å². The lowest BCUT2D eigenvalue weighted by molar-refractivity contribution is -0.0115. The molecule has 3 unspecified atom stereocenters. The lowest BCUT2D eigenvalue weighted by Gasteiger charge is -2.49. The lowest BCUT2D eigenvalue weighted by Crippen LogP contribution is -2.46. The highest BCUT2D eigenvalue weighted by molar-refractivity contribution is 7.22. The van der Waals surface area contributed by atoms with Gasteiger partial charge in [0.05, 0.1) is 32.3 Å². The van der Waals surface area contributed by atoms with Crippen molar-refractivity contribution in [3.05, 3.63) is 77.9 Å². The molecule has 1 aliphatic carbocycles. The average Bonchev–Trinajstić information content (AvgIpc) is 3.38. The number of thiazole rings is 1. The molecule has 8 rings (SSSR count). The van der Waals surface area contributed by atoms with Crippen molar-refractivity contribution >= 4 is 65.4 Å². The Kier molecular flexibility index (Phi) is 5.39. The zero-order valence-corrected chi connectivity index (χ0v) is 24.1. The Morgan fingerprint density at radius 3 is 2.54 bits per heavy atom. The summed E-state index contributed by atoms with van der Waals surface area (Å²) in [5.41, 5.74) is 5.64. The Morgan fingerprint density at radius 2 is 1.68 bits per heavy atom. The number of hydrogen-bond acceptors (Lipinski definition) is 6. The van der Waals surface area contributed by atoms with E-state index in [0.29, 0.717) is 34.0 Å². The van der Waals surface area contributed by atoms with Crippen LogP contribution >= 0.6 is 11.3 Å². The van der Waals surface area contributed by atoms with Crippen LogP contribution in [0.1, 0.15) is 61.9 Å². The van der Waals surface area contributed by atoms with Crippen LogP contribution in [-0.2, 0) is 0 Å². The van der Waals surface area contributed by atoms with Crippen molar-refractivity contribution < 1.29 is 9.53 Å². The molecular formula is C34H30N4O2S. The number of para-hydroxylation sites is 1. The monoisotopic (exact) mass is 558 g/mol. The minimum atomic E-state index is -0.246. The predicted molar refractivity (Wildman–Crippen MR) is 166 cm³/mol. The predicted octanol–water partition coefficient (Wildman–Crippen LogP) is 8.49. The van der Waals surface area contributed by atoms with E-state index in [0.717, 1.165) is 56.1 Å². The Bertz CT molecular complexity index is 2000. The maximum absolute atomic E-state index is 13.2. The number of rotatable bonds is 2. The first kappa shape index (κ1) is 24.7. The van der Waals surface area contributed by atoms with Crippen LogP contribution < -0.4 is 10.1 Å². The molecule has 1 N–H and O–H groups in total. The van der Waals surface area contributed by atoms with E-state index < -0.39 is 0 Å². The van der Waals surface area contributed by atoms with E-state index >= 15 is 0 Å². The molecule has 2 aliphatic rings. The second-order valence-corrected chi connectivity index (χ2v) is 13.2. The van der Waals surface area contributed by atoms with E-state index in [1.165, 1.54) is 23.3 Å². The van der Waals surface area contributed by atoms with Crippen molar-refractivity contribution in [2.24, 2.45) is 11.8 Å². The third kappa shape index (κ3) is 3.90. The summed E-state index contributed by atoms with van der Waals surface area (Å²) < 4.78 is 7.90. The number of anilines is 1. The lowest BCUT2D eigenvalue weighted by atomic mass is 9.64. The molecule has 7 heteroatoms. The minimum absolute atomic E-state index is 0.210. The average molecular weight is 559 g/mol. The molecule has 0 saturated heterocycles. The molecule has 41 heavy (non-hydrogen) atoms. The number of nitrogens with one attached hydrogen (secondary N) is 1. The normalized spacial score (nSPS) is 21.5. The Balaban J connectivity index is 1.28. The summed E-state index contributed by atoms with van der Waals surface area (Å²) in [6.45, 7) is 6.86. The quantitative estimate of drug-likeness (QED) is 0.170. The van der Waals surface area contributed by atoms with Crippen molar-refractivity contribution in [2.75, 3.05) is 5.32 Å². The van der Waals surface area contributed by atoms with Gasteiger partial charge in [0.25, 0.3) is 5.91 Å². The number of nitrogens with zero attached hydrogens (tertiary/aromatic N) is 3. The van der Waals surface area contributed by atoms with Crippen molar-refractivity contribution in [3.8, 4) is 5.75 Å². The molecule has 0 spiro atoms. The van der Waals surface area contributed by atoms with Gasteiger partial charge in [0, 0.05) is 27.8 Å². The van der Waals surface area contributed by atoms with Crippen LogP contribution in [0.2, 0.25) is 0 Å². The van der Waals surface area contributed by atoms with E-state index in [-0.39, 0.29) is 11.5 Å². The Morgan fingerprint density at radius 1 is 0.902 bits per heavy atom. The van der Waals surface area contributed by atoms with Gasteiger partial charge in [-0.1, -0.05) is 61.1 Å². The van der Waals surface area contributed by atoms with Crippen LogP contribution in [0.15, 0.2) is 66.7 Å². The van der Waals surface area contributed by atoms with Crippen LogP contribution in [0.3, 0.4) is 0 Å². The highest BCUT2D eigenvalue weighted by Gasteiger charge is 2.47. The first-order valence-electron chi connectivity index (χ1n) is 14.4. The molecule has 4 aromatic carbocycles. The standard InChI is InChI=1S/C34H30N4O2S/c1-18-12-14-23-22(16-18)28-30-29(20-8-4-5-9-21(20)31(28)40-34(23,2)3)36-26-17-19(13-15-24(26)35-30)32(39)38-33-37-25-10-6-7-11-27(25)41-33/h4-11,13,15,17-18,22-23H,12,14,16H2,1-3H3,(H,37,38,39). The fourth-order valence-corrected chi connectivity index (χ4v) is 7.99. The number of aromatic nitrogens is 3. The largest absolute Gasteiger partial charge is 0.487 e. The summed E-state index contributed by atoms with van der Waals surface area (Å²) in [5.74, 6) is 2.22. The van der Waals surface area contributed by atoms with Gasteiger partial charge in [-0.25, -0.2) is 15.0 Å². The second-order valence-electron chi connectivity index (χ2n) is 12.2. The second kappa shape index (κ2) is 8.95. The van der Waals surface area contributed by atoms with Gasteiger partial charge in [0.2, 0.25) is 0 Å². The number of carbonyl (C=O) groups excluding carboxylic acids is 1. The summed E-state index contributed by atoms with van der Waals surface area (Å²) in [7, 11) is 0. The maximum Gasteiger partial charge on any atom is 0.257 e. The van der Waals surface area contributed by atoms with Gasteiger partial charge in [-0.3, -0.25) is 10.1 Å². The fourth-order valence-electron chi connectivity index (χ4n) is 7.13. The zero-order valence-electron chi connectivity index (χ0n) is 23.3.